The molecule has 4 aromatic carbocycles. The molecule has 11 nitrogen and oxygen atoms in total. The van der Waals surface area contributed by atoms with Crippen LogP contribution in [0.5, 0.6) is 5.75 Å². The van der Waals surface area contributed by atoms with Crippen LogP contribution in [0.2, 0.25) is 5.02 Å². The molecule has 2 saturated heterocycles. The molecular formula is C40H34BClFN3O8. The highest BCUT2D eigenvalue weighted by molar-refractivity contribution is 6.58. The summed E-state index contributed by atoms with van der Waals surface area (Å²) >= 11 is 6.36. The van der Waals surface area contributed by atoms with Crippen LogP contribution in [-0.4, -0.2) is 64.1 Å². The van der Waals surface area contributed by atoms with Crippen molar-refractivity contribution in [2.45, 2.75) is 24.2 Å². The smallest absolute Gasteiger partial charge is 0.488 e. The van der Waals surface area contributed by atoms with E-state index < -0.39 is 71.6 Å². The second kappa shape index (κ2) is 13.8. The zero-order valence-electron chi connectivity index (χ0n) is 28.6. The summed E-state index contributed by atoms with van der Waals surface area (Å²) < 4.78 is 19.5. The molecule has 6 atom stereocenters. The molecule has 0 aromatic heterocycles. The normalized spacial score (nSPS) is 25.9. The molecule has 2 aliphatic carbocycles. The van der Waals surface area contributed by atoms with Crippen molar-refractivity contribution in [3.8, 4) is 5.75 Å². The van der Waals surface area contributed by atoms with Gasteiger partial charge < -0.3 is 19.9 Å². The highest BCUT2D eigenvalue weighted by atomic mass is 35.5. The summed E-state index contributed by atoms with van der Waals surface area (Å²) in [7, 11) is -1.81. The second-order valence-corrected chi connectivity index (χ2v) is 14.4. The van der Waals surface area contributed by atoms with Crippen molar-refractivity contribution < 1.29 is 43.5 Å². The Morgan fingerprint density at radius 3 is 2.30 bits per heavy atom. The molecule has 4 N–H and O–H groups in total. The van der Waals surface area contributed by atoms with Gasteiger partial charge in [0, 0.05) is 10.9 Å². The Bertz CT molecular complexity index is 2180. The summed E-state index contributed by atoms with van der Waals surface area (Å²) in [6.07, 6.45) is 2.17. The fourth-order valence-electron chi connectivity index (χ4n) is 9.03. The maximum absolute atomic E-state index is 15.2. The first kappa shape index (κ1) is 35.7. The number of rotatable bonds is 9. The number of aliphatic hydroxyl groups excluding tert-OH is 1. The van der Waals surface area contributed by atoms with Gasteiger partial charge >= 0.3 is 7.12 Å². The second-order valence-electron chi connectivity index (χ2n) is 14.0. The lowest BCUT2D eigenvalue weighted by atomic mass is 9.49. The van der Waals surface area contributed by atoms with Crippen LogP contribution in [0.15, 0.2) is 109 Å². The van der Waals surface area contributed by atoms with Crippen LogP contribution in [0.25, 0.3) is 0 Å². The van der Waals surface area contributed by atoms with Crippen LogP contribution in [0.4, 0.5) is 15.8 Å². The number of fused-ring (bicyclic) bond motifs is 4. The molecular weight excluding hydrogens is 716 g/mol. The van der Waals surface area contributed by atoms with Crippen LogP contribution in [0.1, 0.15) is 29.9 Å². The number of hydrogen-bond acceptors (Lipinski definition) is 9. The standard InChI is InChI=1S/C40H34BClFN3O8/c42-25-8-6-23(7-9-25)40-33(37(49)46(39(40)51)44-27-12-10-26(43)11-13-27)21-32-30(35(40)22-4-14-29(15-5-22)54-19-18-47)16-17-31-34(32)38(50)45(36(31)48)28-3-1-2-24(20-28)41(52)53/h1-16,20,31-35,44,47,52-53H,17-19,21H2/t31-,32+,33-,34-,35-,40+/m0/s1. The van der Waals surface area contributed by atoms with Gasteiger partial charge in [-0.05, 0) is 96.0 Å². The number of benzene rings is 4. The Hall–Kier alpha value is -5.34. The number of carbonyl (C=O) groups is 4. The number of aliphatic hydroxyl groups is 1. The van der Waals surface area contributed by atoms with E-state index in [-0.39, 0.29) is 37.2 Å². The molecule has 4 aliphatic rings. The maximum Gasteiger partial charge on any atom is 0.488 e. The van der Waals surface area contributed by atoms with Crippen molar-refractivity contribution in [2.24, 2.45) is 23.7 Å². The first-order valence-corrected chi connectivity index (χ1v) is 18.0. The van der Waals surface area contributed by atoms with E-state index in [0.717, 1.165) is 15.5 Å². The van der Waals surface area contributed by atoms with Crippen molar-refractivity contribution in [1.29, 1.82) is 0 Å². The van der Waals surface area contributed by atoms with Gasteiger partial charge in [-0.2, -0.15) is 5.01 Å². The van der Waals surface area contributed by atoms with E-state index in [2.05, 4.69) is 5.43 Å². The van der Waals surface area contributed by atoms with Crippen LogP contribution < -0.4 is 20.5 Å². The number of ether oxygens (including phenoxy) is 1. The Morgan fingerprint density at radius 1 is 0.889 bits per heavy atom. The number of carbonyl (C=O) groups excluding carboxylic acids is 4. The van der Waals surface area contributed by atoms with E-state index in [0.29, 0.717) is 27.6 Å². The first-order chi connectivity index (χ1) is 26.0. The molecule has 4 aromatic rings. The van der Waals surface area contributed by atoms with Crippen LogP contribution in [0.3, 0.4) is 0 Å². The Labute approximate surface area is 314 Å². The van der Waals surface area contributed by atoms with Gasteiger partial charge in [-0.15, -0.1) is 0 Å². The van der Waals surface area contributed by atoms with Crippen molar-refractivity contribution >= 4 is 59.2 Å². The van der Waals surface area contributed by atoms with Crippen LogP contribution in [-0.2, 0) is 24.6 Å². The summed E-state index contributed by atoms with van der Waals surface area (Å²) in [5.41, 5.74) is 3.93. The largest absolute Gasteiger partial charge is 0.491 e. The average molecular weight is 750 g/mol. The molecule has 2 heterocycles. The van der Waals surface area contributed by atoms with E-state index in [9.17, 15) is 33.9 Å². The molecule has 54 heavy (non-hydrogen) atoms. The van der Waals surface area contributed by atoms with Crippen molar-refractivity contribution in [3.63, 3.8) is 0 Å². The number of nitrogens with one attached hydrogen (secondary N) is 1. The van der Waals surface area contributed by atoms with Gasteiger partial charge in [-0.3, -0.25) is 29.5 Å². The summed E-state index contributed by atoms with van der Waals surface area (Å²) in [6.45, 7) is -0.120. The molecule has 14 heteroatoms. The zero-order chi connectivity index (χ0) is 37.9. The van der Waals surface area contributed by atoms with Crippen molar-refractivity contribution in [3.05, 3.63) is 131 Å². The quantitative estimate of drug-likeness (QED) is 0.114. The minimum absolute atomic E-state index is 0.0538. The van der Waals surface area contributed by atoms with Gasteiger partial charge in [0.05, 0.1) is 41.2 Å². The van der Waals surface area contributed by atoms with E-state index >= 15 is 4.79 Å². The number of anilines is 2. The lowest BCUT2D eigenvalue weighted by Gasteiger charge is -2.50. The fourth-order valence-corrected chi connectivity index (χ4v) is 9.16. The molecule has 3 fully saturated rings. The van der Waals surface area contributed by atoms with Crippen LogP contribution >= 0.6 is 11.6 Å². The third kappa shape index (κ3) is 5.61. The molecule has 0 radical (unpaired) electrons. The maximum atomic E-state index is 15.2. The minimum Gasteiger partial charge on any atom is -0.491 e. The molecule has 4 amide bonds. The average Bonchev–Trinajstić information content (AvgIpc) is 3.56. The van der Waals surface area contributed by atoms with E-state index in [4.69, 9.17) is 16.3 Å². The van der Waals surface area contributed by atoms with Gasteiger partial charge in [0.15, 0.2) is 0 Å². The summed E-state index contributed by atoms with van der Waals surface area (Å²) in [5.74, 6) is -6.14. The zero-order valence-corrected chi connectivity index (χ0v) is 29.4. The number of allylic oxidation sites excluding steroid dienone is 2. The lowest BCUT2D eigenvalue weighted by molar-refractivity contribution is -0.138. The SMILES string of the molecule is O=C1[C@@H]2C[C@@H]3C(=CC[C@@H]4C(=O)N(c5cccc(B(O)O)c5)C(=O)[C@@H]43)[C@H](c3ccc(OCCO)cc3)[C@]2(c2ccc(Cl)cc2)C(=O)N1Nc1ccc(F)cc1. The molecule has 0 spiro atoms. The third-order valence-electron chi connectivity index (χ3n) is 11.3. The first-order valence-electron chi connectivity index (χ1n) is 17.6. The molecule has 274 valence electrons. The number of amides is 4. The highest BCUT2D eigenvalue weighted by Gasteiger charge is 2.70. The highest BCUT2D eigenvalue weighted by Crippen LogP contribution is 2.64. The van der Waals surface area contributed by atoms with E-state index in [1.165, 1.54) is 42.5 Å². The number of hydrazine groups is 1. The lowest BCUT2D eigenvalue weighted by Crippen LogP contribution is -2.53. The number of hydrogen-bond donors (Lipinski definition) is 4. The predicted octanol–water partition coefficient (Wildman–Crippen LogP) is 3.72. The minimum atomic E-state index is -1.81. The summed E-state index contributed by atoms with van der Waals surface area (Å²) in [4.78, 5) is 59.7. The van der Waals surface area contributed by atoms with E-state index in [1.807, 2.05) is 6.08 Å². The number of nitrogens with zero attached hydrogens (tertiary/aromatic N) is 2. The predicted molar refractivity (Wildman–Crippen MR) is 197 cm³/mol. The summed E-state index contributed by atoms with van der Waals surface area (Å²) in [6, 6.07) is 25.0. The Balaban J connectivity index is 1.29. The summed E-state index contributed by atoms with van der Waals surface area (Å²) in [5, 5.41) is 30.4. The number of halogens is 2. The molecule has 1 saturated carbocycles. The van der Waals surface area contributed by atoms with Crippen molar-refractivity contribution in [1.82, 2.24) is 5.01 Å². The van der Waals surface area contributed by atoms with Crippen molar-refractivity contribution in [2.75, 3.05) is 23.5 Å². The Kier molecular flexibility index (Phi) is 9.13. The van der Waals surface area contributed by atoms with Gasteiger partial charge in [-0.25, -0.2) is 4.39 Å². The monoisotopic (exact) mass is 749 g/mol. The molecule has 0 unspecified atom stereocenters. The van der Waals surface area contributed by atoms with Gasteiger partial charge in [0.2, 0.25) is 11.8 Å². The molecule has 0 bridgehead atoms. The number of imide groups is 2. The fraction of sp³-hybridized carbons (Fsp3) is 0.250. The van der Waals surface area contributed by atoms with Crippen LogP contribution in [0, 0.1) is 29.5 Å². The molecule has 8 rings (SSSR count). The van der Waals surface area contributed by atoms with E-state index in [1.54, 1.807) is 54.6 Å². The van der Waals surface area contributed by atoms with Gasteiger partial charge in [-0.1, -0.05) is 59.6 Å². The molecule has 2 aliphatic heterocycles. The Morgan fingerprint density at radius 2 is 1.61 bits per heavy atom. The van der Waals surface area contributed by atoms with Gasteiger partial charge in [0.25, 0.3) is 11.8 Å². The third-order valence-corrected chi connectivity index (χ3v) is 11.5. The topological polar surface area (TPSA) is 157 Å². The van der Waals surface area contributed by atoms with Gasteiger partial charge in [0.1, 0.15) is 18.2 Å².